The number of nitrogens with zero attached hydrogens (tertiary/aromatic N) is 2. The van der Waals surface area contributed by atoms with Crippen molar-refractivity contribution >= 4 is 22.9 Å². The van der Waals surface area contributed by atoms with Gasteiger partial charge in [0.1, 0.15) is 5.84 Å². The van der Waals surface area contributed by atoms with Crippen molar-refractivity contribution in [2.24, 2.45) is 10.7 Å². The molecule has 3 rings (SSSR count). The van der Waals surface area contributed by atoms with Crippen molar-refractivity contribution in [1.29, 1.82) is 0 Å². The van der Waals surface area contributed by atoms with Crippen LogP contribution in [-0.4, -0.2) is 23.8 Å². The van der Waals surface area contributed by atoms with Crippen LogP contribution in [0.3, 0.4) is 0 Å². The van der Waals surface area contributed by atoms with E-state index in [0.29, 0.717) is 5.84 Å². The van der Waals surface area contributed by atoms with Crippen molar-refractivity contribution in [1.82, 2.24) is 4.90 Å². The maximum Gasteiger partial charge on any atom is 0.141 e. The van der Waals surface area contributed by atoms with E-state index in [-0.39, 0.29) is 0 Å². The SMILES string of the molecule is CCN(CC)Cc1ccc2c(c1)N=C(N)c1sccc1C2. The molecule has 3 nitrogen and oxygen atoms in total. The van der Waals surface area contributed by atoms with Crippen LogP contribution in [0.1, 0.15) is 35.4 Å². The highest BCUT2D eigenvalue weighted by Gasteiger charge is 2.16. The van der Waals surface area contributed by atoms with Crippen LogP contribution in [0.25, 0.3) is 0 Å². The van der Waals surface area contributed by atoms with Gasteiger partial charge >= 0.3 is 0 Å². The van der Waals surface area contributed by atoms with Gasteiger partial charge in [-0.25, -0.2) is 4.99 Å². The summed E-state index contributed by atoms with van der Waals surface area (Å²) in [6.45, 7) is 7.49. The minimum Gasteiger partial charge on any atom is -0.382 e. The van der Waals surface area contributed by atoms with Crippen LogP contribution in [-0.2, 0) is 13.0 Å². The molecule has 0 fully saturated rings. The van der Waals surface area contributed by atoms with Crippen molar-refractivity contribution < 1.29 is 0 Å². The van der Waals surface area contributed by atoms with E-state index in [1.54, 1.807) is 11.3 Å². The first-order valence-corrected chi connectivity index (χ1v) is 8.34. The maximum atomic E-state index is 6.16. The average Bonchev–Trinajstić information content (AvgIpc) is 2.90. The van der Waals surface area contributed by atoms with Gasteiger partial charge in [0.05, 0.1) is 10.6 Å². The van der Waals surface area contributed by atoms with Crippen LogP contribution in [0.4, 0.5) is 5.69 Å². The summed E-state index contributed by atoms with van der Waals surface area (Å²) in [5.74, 6) is 0.652. The first-order valence-electron chi connectivity index (χ1n) is 7.46. The third-order valence-electron chi connectivity index (χ3n) is 4.05. The molecule has 0 atom stereocenters. The Morgan fingerprint density at radius 1 is 1.19 bits per heavy atom. The van der Waals surface area contributed by atoms with Crippen LogP contribution in [0.5, 0.6) is 0 Å². The third kappa shape index (κ3) is 2.87. The van der Waals surface area contributed by atoms with E-state index in [4.69, 9.17) is 5.73 Å². The molecule has 0 spiro atoms. The van der Waals surface area contributed by atoms with E-state index < -0.39 is 0 Å². The second kappa shape index (κ2) is 6.00. The molecule has 2 aromatic rings. The number of aliphatic imine (C=N–C) groups is 1. The molecule has 21 heavy (non-hydrogen) atoms. The Balaban J connectivity index is 1.94. The molecule has 1 aliphatic rings. The lowest BCUT2D eigenvalue weighted by molar-refractivity contribution is 0.296. The fraction of sp³-hybridized carbons (Fsp3) is 0.353. The number of fused-ring (bicyclic) bond motifs is 2. The lowest BCUT2D eigenvalue weighted by atomic mass is 10.0. The Bertz CT molecular complexity index is 668. The van der Waals surface area contributed by atoms with Crippen LogP contribution in [0.2, 0.25) is 0 Å². The lowest BCUT2D eigenvalue weighted by Gasteiger charge is -2.18. The summed E-state index contributed by atoms with van der Waals surface area (Å²) in [4.78, 5) is 8.19. The van der Waals surface area contributed by atoms with Gasteiger partial charge in [-0.15, -0.1) is 11.3 Å². The highest BCUT2D eigenvalue weighted by atomic mass is 32.1. The molecular formula is C17H21N3S. The highest BCUT2D eigenvalue weighted by molar-refractivity contribution is 7.12. The zero-order valence-corrected chi connectivity index (χ0v) is 13.4. The largest absolute Gasteiger partial charge is 0.382 e. The Kier molecular flexibility index (Phi) is 4.08. The predicted molar refractivity (Wildman–Crippen MR) is 90.6 cm³/mol. The highest BCUT2D eigenvalue weighted by Crippen LogP contribution is 2.31. The zero-order valence-electron chi connectivity index (χ0n) is 12.6. The molecule has 110 valence electrons. The summed E-state index contributed by atoms with van der Waals surface area (Å²) >= 11 is 1.68. The summed E-state index contributed by atoms with van der Waals surface area (Å²) < 4.78 is 0. The smallest absolute Gasteiger partial charge is 0.141 e. The fourth-order valence-electron chi connectivity index (χ4n) is 2.75. The van der Waals surface area contributed by atoms with Crippen LogP contribution < -0.4 is 5.73 Å². The average molecular weight is 299 g/mol. The number of amidine groups is 1. The summed E-state index contributed by atoms with van der Waals surface area (Å²) in [5.41, 5.74) is 11.0. The minimum atomic E-state index is 0.652. The number of benzene rings is 1. The molecule has 2 heterocycles. The van der Waals surface area contributed by atoms with Gasteiger partial charge in [-0.3, -0.25) is 4.90 Å². The molecule has 2 N–H and O–H groups in total. The van der Waals surface area contributed by atoms with Crippen molar-refractivity contribution in [3.63, 3.8) is 0 Å². The van der Waals surface area contributed by atoms with E-state index in [1.807, 2.05) is 0 Å². The van der Waals surface area contributed by atoms with Crippen molar-refractivity contribution in [2.45, 2.75) is 26.8 Å². The molecule has 0 radical (unpaired) electrons. The van der Waals surface area contributed by atoms with E-state index in [0.717, 1.165) is 36.6 Å². The molecule has 0 saturated carbocycles. The normalized spacial score (nSPS) is 13.6. The Morgan fingerprint density at radius 2 is 2.00 bits per heavy atom. The molecule has 1 aliphatic heterocycles. The van der Waals surface area contributed by atoms with E-state index in [1.165, 1.54) is 16.7 Å². The first kappa shape index (κ1) is 14.3. The number of rotatable bonds is 4. The number of nitrogens with two attached hydrogens (primary N) is 1. The van der Waals surface area contributed by atoms with Gasteiger partial charge in [0.15, 0.2) is 0 Å². The van der Waals surface area contributed by atoms with Crippen molar-refractivity contribution in [3.8, 4) is 0 Å². The number of hydrogen-bond acceptors (Lipinski definition) is 4. The number of thiophene rings is 1. The molecule has 1 aromatic carbocycles. The predicted octanol–water partition coefficient (Wildman–Crippen LogP) is 3.53. The van der Waals surface area contributed by atoms with E-state index in [2.05, 4.69) is 53.4 Å². The summed E-state index contributed by atoms with van der Waals surface area (Å²) in [6, 6.07) is 8.77. The van der Waals surface area contributed by atoms with Gasteiger partial charge in [-0.05, 0) is 47.3 Å². The van der Waals surface area contributed by atoms with E-state index >= 15 is 0 Å². The maximum absolute atomic E-state index is 6.16. The van der Waals surface area contributed by atoms with Crippen LogP contribution >= 0.6 is 11.3 Å². The van der Waals surface area contributed by atoms with Gasteiger partial charge in [-0.1, -0.05) is 26.0 Å². The molecule has 0 aliphatic carbocycles. The standard InChI is InChI=1S/C17H21N3S/c1-3-20(4-2)11-12-5-6-13-10-14-7-8-21-16(14)17(18)19-15(13)9-12/h5-9H,3-4,10-11H2,1-2H3,(H2,18,19). The second-order valence-electron chi connectivity index (χ2n) is 5.37. The monoisotopic (exact) mass is 299 g/mol. The van der Waals surface area contributed by atoms with Crippen molar-refractivity contribution in [2.75, 3.05) is 13.1 Å². The molecule has 0 unspecified atom stereocenters. The fourth-order valence-corrected chi connectivity index (χ4v) is 3.58. The van der Waals surface area contributed by atoms with Gasteiger partial charge in [0.2, 0.25) is 0 Å². The molecule has 0 saturated heterocycles. The topological polar surface area (TPSA) is 41.6 Å². The quantitative estimate of drug-likeness (QED) is 0.938. The zero-order chi connectivity index (χ0) is 14.8. The molecule has 1 aromatic heterocycles. The third-order valence-corrected chi connectivity index (χ3v) is 5.03. The Labute approximate surface area is 130 Å². The van der Waals surface area contributed by atoms with Crippen LogP contribution in [0.15, 0.2) is 34.6 Å². The minimum absolute atomic E-state index is 0.652. The lowest BCUT2D eigenvalue weighted by Crippen LogP contribution is -2.22. The van der Waals surface area contributed by atoms with Crippen LogP contribution in [0, 0.1) is 0 Å². The summed E-state index contributed by atoms with van der Waals surface area (Å²) in [5, 5.41) is 2.09. The molecular weight excluding hydrogens is 278 g/mol. The molecule has 0 amide bonds. The first-order chi connectivity index (χ1) is 10.2. The van der Waals surface area contributed by atoms with Gasteiger partial charge in [0, 0.05) is 13.0 Å². The molecule has 4 heteroatoms. The Morgan fingerprint density at radius 3 is 2.76 bits per heavy atom. The summed E-state index contributed by atoms with van der Waals surface area (Å²) in [6.07, 6.45) is 0.921. The van der Waals surface area contributed by atoms with Gasteiger partial charge in [0.25, 0.3) is 0 Å². The number of hydrogen-bond donors (Lipinski definition) is 1. The second-order valence-corrected chi connectivity index (χ2v) is 6.29. The van der Waals surface area contributed by atoms with Gasteiger partial charge < -0.3 is 5.73 Å². The summed E-state index contributed by atoms with van der Waals surface area (Å²) in [7, 11) is 0. The van der Waals surface area contributed by atoms with Gasteiger partial charge in [-0.2, -0.15) is 0 Å². The Hall–Kier alpha value is -1.65. The van der Waals surface area contributed by atoms with E-state index in [9.17, 15) is 0 Å². The van der Waals surface area contributed by atoms with Crippen molar-refractivity contribution in [3.05, 3.63) is 51.2 Å². The molecule has 0 bridgehead atoms.